The number of amides is 1. The van der Waals surface area contributed by atoms with E-state index < -0.39 is 0 Å². The first-order valence-electron chi connectivity index (χ1n) is 7.30. The predicted molar refractivity (Wildman–Crippen MR) is 85.2 cm³/mol. The Hall–Kier alpha value is -2.36. The zero-order valence-electron chi connectivity index (χ0n) is 12.3. The number of nitrogens with one attached hydrogen (secondary N) is 2. The molecule has 0 radical (unpaired) electrons. The molecule has 2 N–H and O–H groups in total. The van der Waals surface area contributed by atoms with Gasteiger partial charge >= 0.3 is 0 Å². The number of carbonyl (C=O) groups is 1. The van der Waals surface area contributed by atoms with Gasteiger partial charge in [-0.1, -0.05) is 43.7 Å². The second kappa shape index (κ2) is 8.04. The van der Waals surface area contributed by atoms with Crippen LogP contribution in [0.15, 0.2) is 48.8 Å². The molecule has 0 aliphatic heterocycles. The second-order valence-corrected chi connectivity index (χ2v) is 4.91. The number of rotatable bonds is 7. The van der Waals surface area contributed by atoms with Crippen molar-refractivity contribution < 1.29 is 4.79 Å². The molecule has 0 fully saturated rings. The van der Waals surface area contributed by atoms with E-state index in [2.05, 4.69) is 34.7 Å². The summed E-state index contributed by atoms with van der Waals surface area (Å²) in [7, 11) is 0. The molecule has 0 spiro atoms. The highest BCUT2D eigenvalue weighted by molar-refractivity contribution is 5.94. The fraction of sp³-hybridized carbons (Fsp3) is 0.294. The molecule has 1 heterocycles. The second-order valence-electron chi connectivity index (χ2n) is 4.91. The Kier molecular flexibility index (Phi) is 5.76. The lowest BCUT2D eigenvalue weighted by Crippen LogP contribution is -2.24. The molecule has 1 aromatic heterocycles. The summed E-state index contributed by atoms with van der Waals surface area (Å²) in [6.45, 7) is 3.52. The van der Waals surface area contributed by atoms with Crippen LogP contribution < -0.4 is 10.6 Å². The Labute approximate surface area is 125 Å². The van der Waals surface area contributed by atoms with Gasteiger partial charge in [0.25, 0.3) is 5.91 Å². The summed E-state index contributed by atoms with van der Waals surface area (Å²) in [6.07, 6.45) is 5.38. The van der Waals surface area contributed by atoms with Gasteiger partial charge in [0.15, 0.2) is 0 Å². The van der Waals surface area contributed by atoms with E-state index in [-0.39, 0.29) is 5.91 Å². The van der Waals surface area contributed by atoms with Crippen LogP contribution in [0, 0.1) is 0 Å². The van der Waals surface area contributed by atoms with Crippen LogP contribution in [0.4, 0.5) is 5.69 Å². The molecule has 0 saturated heterocycles. The number of hydrogen-bond donors (Lipinski definition) is 2. The maximum absolute atomic E-state index is 12.0. The zero-order chi connectivity index (χ0) is 14.9. The van der Waals surface area contributed by atoms with Crippen molar-refractivity contribution in [2.24, 2.45) is 0 Å². The van der Waals surface area contributed by atoms with Crippen molar-refractivity contribution >= 4 is 11.6 Å². The summed E-state index contributed by atoms with van der Waals surface area (Å²) in [5.41, 5.74) is 2.63. The van der Waals surface area contributed by atoms with Crippen molar-refractivity contribution in [2.45, 2.75) is 26.3 Å². The van der Waals surface area contributed by atoms with Crippen LogP contribution in [0.1, 0.15) is 35.7 Å². The maximum atomic E-state index is 12.0. The number of nitrogens with zero attached hydrogens (tertiary/aromatic N) is 1. The van der Waals surface area contributed by atoms with Crippen LogP contribution in [0.2, 0.25) is 0 Å². The first-order valence-corrected chi connectivity index (χ1v) is 7.30. The quantitative estimate of drug-likeness (QED) is 0.767. The van der Waals surface area contributed by atoms with Crippen LogP contribution in [0.3, 0.4) is 0 Å². The number of unbranched alkanes of at least 4 members (excludes halogenated alkanes) is 1. The predicted octanol–water partition coefficient (Wildman–Crippen LogP) is 3.22. The van der Waals surface area contributed by atoms with E-state index in [4.69, 9.17) is 0 Å². The van der Waals surface area contributed by atoms with E-state index in [9.17, 15) is 4.79 Å². The molecule has 4 nitrogen and oxygen atoms in total. The number of carbonyl (C=O) groups excluding carboxylic acids is 1. The molecule has 0 aliphatic rings. The lowest BCUT2D eigenvalue weighted by molar-refractivity contribution is 0.0953. The Balaban J connectivity index is 1.92. The highest BCUT2D eigenvalue weighted by Crippen LogP contribution is 2.10. The van der Waals surface area contributed by atoms with Gasteiger partial charge in [-0.3, -0.25) is 9.78 Å². The fourth-order valence-corrected chi connectivity index (χ4v) is 1.94. The minimum absolute atomic E-state index is 0.0701. The largest absolute Gasteiger partial charge is 0.380 e. The molecule has 0 aliphatic carbocycles. The number of hydrogen-bond acceptors (Lipinski definition) is 3. The molecule has 21 heavy (non-hydrogen) atoms. The van der Waals surface area contributed by atoms with Crippen LogP contribution in [-0.2, 0) is 6.54 Å². The Morgan fingerprint density at radius 1 is 1.19 bits per heavy atom. The normalized spacial score (nSPS) is 10.1. The molecular weight excluding hydrogens is 262 g/mol. The van der Waals surface area contributed by atoms with Crippen LogP contribution in [0.25, 0.3) is 0 Å². The van der Waals surface area contributed by atoms with Gasteiger partial charge in [-0.05, 0) is 18.1 Å². The molecule has 0 bridgehead atoms. The first kappa shape index (κ1) is 15.0. The van der Waals surface area contributed by atoms with Crippen molar-refractivity contribution in [1.82, 2.24) is 10.3 Å². The highest BCUT2D eigenvalue weighted by atomic mass is 16.1. The molecule has 1 aromatic carbocycles. The molecule has 2 aromatic rings. The first-order chi connectivity index (χ1) is 10.3. The van der Waals surface area contributed by atoms with Crippen LogP contribution in [-0.4, -0.2) is 17.4 Å². The lowest BCUT2D eigenvalue weighted by atomic mass is 10.2. The van der Waals surface area contributed by atoms with Gasteiger partial charge in [-0.25, -0.2) is 0 Å². The molecule has 4 heteroatoms. The smallest absolute Gasteiger partial charge is 0.252 e. The summed E-state index contributed by atoms with van der Waals surface area (Å²) < 4.78 is 0. The Morgan fingerprint density at radius 2 is 2.00 bits per heavy atom. The average molecular weight is 283 g/mol. The fourth-order valence-electron chi connectivity index (χ4n) is 1.94. The molecule has 0 saturated carbocycles. The zero-order valence-corrected chi connectivity index (χ0v) is 12.3. The standard InChI is InChI=1S/C17H21N3O/c1-2-3-9-19-17(21)15-10-16(13-18-12-15)20-11-14-7-5-4-6-8-14/h4-8,10,12-13,20H,2-3,9,11H2,1H3,(H,19,21). The van der Waals surface area contributed by atoms with Gasteiger partial charge in [-0.15, -0.1) is 0 Å². The monoisotopic (exact) mass is 283 g/mol. The van der Waals surface area contributed by atoms with Gasteiger partial charge < -0.3 is 10.6 Å². The number of aromatic nitrogens is 1. The Morgan fingerprint density at radius 3 is 2.76 bits per heavy atom. The summed E-state index contributed by atoms with van der Waals surface area (Å²) >= 11 is 0. The van der Waals surface area contributed by atoms with Gasteiger partial charge in [0, 0.05) is 25.5 Å². The summed E-state index contributed by atoms with van der Waals surface area (Å²) in [5, 5.41) is 6.18. The minimum atomic E-state index is -0.0701. The minimum Gasteiger partial charge on any atom is -0.380 e. The van der Waals surface area contributed by atoms with Gasteiger partial charge in [-0.2, -0.15) is 0 Å². The van der Waals surface area contributed by atoms with E-state index in [1.54, 1.807) is 12.4 Å². The highest BCUT2D eigenvalue weighted by Gasteiger charge is 2.06. The number of pyridine rings is 1. The van der Waals surface area contributed by atoms with E-state index >= 15 is 0 Å². The number of benzene rings is 1. The molecule has 110 valence electrons. The van der Waals surface area contributed by atoms with Crippen LogP contribution in [0.5, 0.6) is 0 Å². The third kappa shape index (κ3) is 4.91. The Bertz CT molecular complexity index is 569. The topological polar surface area (TPSA) is 54.0 Å². The molecule has 0 atom stereocenters. The number of anilines is 1. The SMILES string of the molecule is CCCCNC(=O)c1cncc(NCc2ccccc2)c1. The van der Waals surface area contributed by atoms with Gasteiger partial charge in [0.1, 0.15) is 0 Å². The molecule has 0 unspecified atom stereocenters. The van der Waals surface area contributed by atoms with Crippen molar-refractivity contribution in [2.75, 3.05) is 11.9 Å². The average Bonchev–Trinajstić information content (AvgIpc) is 2.54. The van der Waals surface area contributed by atoms with Crippen molar-refractivity contribution in [3.63, 3.8) is 0 Å². The van der Waals surface area contributed by atoms with E-state index in [0.717, 1.165) is 18.5 Å². The van der Waals surface area contributed by atoms with Crippen molar-refractivity contribution in [3.8, 4) is 0 Å². The third-order valence-corrected chi connectivity index (χ3v) is 3.16. The molecular formula is C17H21N3O. The third-order valence-electron chi connectivity index (χ3n) is 3.16. The van der Waals surface area contributed by atoms with E-state index in [1.165, 1.54) is 5.56 Å². The summed E-state index contributed by atoms with van der Waals surface area (Å²) in [5.74, 6) is -0.0701. The molecule has 2 rings (SSSR count). The summed E-state index contributed by atoms with van der Waals surface area (Å²) in [6, 6.07) is 12.0. The maximum Gasteiger partial charge on any atom is 0.252 e. The van der Waals surface area contributed by atoms with Gasteiger partial charge in [0.05, 0.1) is 11.3 Å². The van der Waals surface area contributed by atoms with Crippen LogP contribution >= 0.6 is 0 Å². The van der Waals surface area contributed by atoms with Gasteiger partial charge in [0.2, 0.25) is 0 Å². The van der Waals surface area contributed by atoms with Crippen molar-refractivity contribution in [3.05, 3.63) is 59.9 Å². The van der Waals surface area contributed by atoms with E-state index in [1.807, 2.05) is 24.3 Å². The van der Waals surface area contributed by atoms with E-state index in [0.29, 0.717) is 18.7 Å². The van der Waals surface area contributed by atoms with Crippen molar-refractivity contribution in [1.29, 1.82) is 0 Å². The summed E-state index contributed by atoms with van der Waals surface area (Å²) in [4.78, 5) is 16.1. The molecule has 1 amide bonds. The lowest BCUT2D eigenvalue weighted by Gasteiger charge is -2.08.